The smallest absolute Gasteiger partial charge is 0.173 e. The third-order valence-electron chi connectivity index (χ3n) is 6.10. The number of hydrogen-bond donors (Lipinski definition) is 1. The van der Waals surface area contributed by atoms with Crippen LogP contribution < -0.4 is 5.32 Å². The average Bonchev–Trinajstić information content (AvgIpc) is 3.23. The summed E-state index contributed by atoms with van der Waals surface area (Å²) < 4.78 is 3.85. The predicted octanol–water partition coefficient (Wildman–Crippen LogP) is 4.41. The molecule has 0 amide bonds. The summed E-state index contributed by atoms with van der Waals surface area (Å²) in [7, 11) is 1.97. The Morgan fingerprint density at radius 1 is 1.00 bits per heavy atom. The van der Waals surface area contributed by atoms with Crippen molar-refractivity contribution in [2.75, 3.05) is 31.5 Å². The highest BCUT2D eigenvalue weighted by Gasteiger charge is 2.22. The second kappa shape index (κ2) is 10.0. The molecule has 1 aliphatic rings. The molecule has 10 heteroatoms. The van der Waals surface area contributed by atoms with Crippen molar-refractivity contribution in [3.8, 4) is 0 Å². The van der Waals surface area contributed by atoms with Gasteiger partial charge in [0.1, 0.15) is 0 Å². The van der Waals surface area contributed by atoms with E-state index in [-0.39, 0.29) is 0 Å². The molecule has 1 N–H and O–H groups in total. The van der Waals surface area contributed by atoms with Crippen LogP contribution in [-0.4, -0.2) is 60.7 Å². The molecule has 3 aromatic rings. The number of thiocarbonyl (C=S) groups is 1. The quantitative estimate of drug-likeness (QED) is 0.518. The molecule has 0 spiro atoms. The van der Waals surface area contributed by atoms with E-state index >= 15 is 0 Å². The normalized spacial score (nSPS) is 14.7. The van der Waals surface area contributed by atoms with Gasteiger partial charge in [0.25, 0.3) is 0 Å². The van der Waals surface area contributed by atoms with Crippen molar-refractivity contribution in [3.63, 3.8) is 0 Å². The van der Waals surface area contributed by atoms with Crippen molar-refractivity contribution in [2.45, 2.75) is 33.9 Å². The fourth-order valence-electron chi connectivity index (χ4n) is 4.18. The van der Waals surface area contributed by atoms with Crippen LogP contribution in [0.1, 0.15) is 28.2 Å². The number of rotatable bonds is 5. The van der Waals surface area contributed by atoms with Gasteiger partial charge in [0, 0.05) is 51.5 Å². The summed E-state index contributed by atoms with van der Waals surface area (Å²) in [5, 5.41) is 14.4. The molecule has 0 aliphatic carbocycles. The Morgan fingerprint density at radius 3 is 2.36 bits per heavy atom. The molecule has 0 saturated carbocycles. The number of aryl methyl sites for hydroxylation is 3. The fourth-order valence-corrected chi connectivity index (χ4v) is 4.79. The van der Waals surface area contributed by atoms with Gasteiger partial charge in [0.15, 0.2) is 5.11 Å². The molecular weight excluding hydrogens is 477 g/mol. The maximum Gasteiger partial charge on any atom is 0.173 e. The van der Waals surface area contributed by atoms with E-state index in [1.54, 1.807) is 0 Å². The van der Waals surface area contributed by atoms with Gasteiger partial charge < -0.3 is 10.2 Å². The Labute approximate surface area is 210 Å². The molecule has 3 heterocycles. The summed E-state index contributed by atoms with van der Waals surface area (Å²) >= 11 is 18.0. The van der Waals surface area contributed by atoms with E-state index in [2.05, 4.69) is 40.3 Å². The lowest BCUT2D eigenvalue weighted by Crippen LogP contribution is -2.49. The maximum atomic E-state index is 6.17. The SMILES string of the molecule is Cc1nn(C)cc1CN1CCN(C(=S)Nc2c(C)nn(Cc3ccc(Cl)c(Cl)c3)c2C)CC1. The van der Waals surface area contributed by atoms with Crippen molar-refractivity contribution in [1.82, 2.24) is 29.4 Å². The van der Waals surface area contributed by atoms with Crippen LogP contribution in [-0.2, 0) is 20.1 Å². The zero-order chi connectivity index (χ0) is 23.7. The van der Waals surface area contributed by atoms with E-state index in [1.165, 1.54) is 5.56 Å². The largest absolute Gasteiger partial charge is 0.346 e. The minimum Gasteiger partial charge on any atom is -0.346 e. The van der Waals surface area contributed by atoms with Gasteiger partial charge in [-0.3, -0.25) is 14.3 Å². The van der Waals surface area contributed by atoms with Crippen molar-refractivity contribution in [2.24, 2.45) is 7.05 Å². The topological polar surface area (TPSA) is 54.2 Å². The molecule has 7 nitrogen and oxygen atoms in total. The summed E-state index contributed by atoms with van der Waals surface area (Å²) in [5.41, 5.74) is 6.35. The monoisotopic (exact) mass is 505 g/mol. The predicted molar refractivity (Wildman–Crippen MR) is 138 cm³/mol. The van der Waals surface area contributed by atoms with Crippen molar-refractivity contribution in [3.05, 3.63) is 62.6 Å². The van der Waals surface area contributed by atoms with Crippen LogP contribution >= 0.6 is 35.4 Å². The van der Waals surface area contributed by atoms with Gasteiger partial charge in [-0.2, -0.15) is 10.2 Å². The van der Waals surface area contributed by atoms with Crippen LogP contribution in [0.5, 0.6) is 0 Å². The van der Waals surface area contributed by atoms with Crippen molar-refractivity contribution in [1.29, 1.82) is 0 Å². The van der Waals surface area contributed by atoms with Crippen LogP contribution in [0.15, 0.2) is 24.4 Å². The summed E-state index contributed by atoms with van der Waals surface area (Å²) in [4.78, 5) is 4.69. The zero-order valence-corrected chi connectivity index (χ0v) is 21.7. The summed E-state index contributed by atoms with van der Waals surface area (Å²) in [5.74, 6) is 0. The van der Waals surface area contributed by atoms with Crippen LogP contribution in [0, 0.1) is 20.8 Å². The molecule has 0 atom stereocenters. The molecule has 0 unspecified atom stereocenters. The van der Waals surface area contributed by atoms with E-state index in [0.717, 1.165) is 66.2 Å². The van der Waals surface area contributed by atoms with Gasteiger partial charge in [0.05, 0.1) is 39.4 Å². The second-order valence-corrected chi connectivity index (χ2v) is 9.76. The Morgan fingerprint density at radius 2 is 1.73 bits per heavy atom. The lowest BCUT2D eigenvalue weighted by atomic mass is 10.2. The lowest BCUT2D eigenvalue weighted by Gasteiger charge is -2.36. The average molecular weight is 507 g/mol. The Balaban J connectivity index is 1.36. The molecule has 1 aliphatic heterocycles. The highest BCUT2D eigenvalue weighted by Crippen LogP contribution is 2.25. The molecule has 4 rings (SSSR count). The number of benzene rings is 1. The van der Waals surface area contributed by atoms with Gasteiger partial charge in [-0.25, -0.2) is 0 Å². The van der Waals surface area contributed by atoms with Gasteiger partial charge in [-0.15, -0.1) is 0 Å². The highest BCUT2D eigenvalue weighted by atomic mass is 35.5. The molecule has 2 aromatic heterocycles. The summed E-state index contributed by atoms with van der Waals surface area (Å²) in [6.07, 6.45) is 2.11. The molecular formula is C23H29Cl2N7S. The molecule has 1 aromatic carbocycles. The molecule has 0 radical (unpaired) electrons. The minimum absolute atomic E-state index is 0.549. The number of hydrogen-bond acceptors (Lipinski definition) is 4. The van der Waals surface area contributed by atoms with E-state index in [9.17, 15) is 0 Å². The van der Waals surface area contributed by atoms with Gasteiger partial charge in [-0.05, 0) is 50.7 Å². The van der Waals surface area contributed by atoms with Gasteiger partial charge in [0.2, 0.25) is 0 Å². The molecule has 1 saturated heterocycles. The molecule has 0 bridgehead atoms. The number of nitrogens with zero attached hydrogens (tertiary/aromatic N) is 6. The van der Waals surface area contributed by atoms with Gasteiger partial charge >= 0.3 is 0 Å². The van der Waals surface area contributed by atoms with E-state index < -0.39 is 0 Å². The van der Waals surface area contributed by atoms with E-state index in [4.69, 9.17) is 40.5 Å². The Kier molecular flexibility index (Phi) is 7.28. The maximum absolute atomic E-state index is 6.17. The van der Waals surface area contributed by atoms with Gasteiger partial charge in [-0.1, -0.05) is 29.3 Å². The van der Waals surface area contributed by atoms with E-state index in [0.29, 0.717) is 16.6 Å². The zero-order valence-electron chi connectivity index (χ0n) is 19.4. The fraction of sp³-hybridized carbons (Fsp3) is 0.435. The molecule has 176 valence electrons. The lowest BCUT2D eigenvalue weighted by molar-refractivity contribution is 0.176. The van der Waals surface area contributed by atoms with E-state index in [1.807, 2.05) is 41.5 Å². The van der Waals surface area contributed by atoms with Crippen LogP contribution in [0.2, 0.25) is 10.0 Å². The highest BCUT2D eigenvalue weighted by molar-refractivity contribution is 7.80. The number of anilines is 1. The van der Waals surface area contributed by atoms with Crippen LogP contribution in [0.4, 0.5) is 5.69 Å². The first-order chi connectivity index (χ1) is 15.7. The third-order valence-corrected chi connectivity index (χ3v) is 7.20. The Hall–Kier alpha value is -2.13. The van der Waals surface area contributed by atoms with Crippen LogP contribution in [0.25, 0.3) is 0 Å². The summed E-state index contributed by atoms with van der Waals surface area (Å²) in [6, 6.07) is 5.66. The Bertz CT molecular complexity index is 1160. The second-order valence-electron chi connectivity index (χ2n) is 8.56. The first-order valence-corrected chi connectivity index (χ1v) is 12.1. The summed E-state index contributed by atoms with van der Waals surface area (Å²) in [6.45, 7) is 11.4. The first-order valence-electron chi connectivity index (χ1n) is 11.0. The number of nitrogens with one attached hydrogen (secondary N) is 1. The number of halogens is 2. The standard InChI is InChI=1S/C23H29Cl2N7S/c1-15-19(13-29(4)27-15)14-30-7-9-31(10-8-30)23(33)26-22-16(2)28-32(17(22)3)12-18-5-6-20(24)21(25)11-18/h5-6,11,13H,7-10,12,14H2,1-4H3,(H,26,33). The first kappa shape index (κ1) is 24.0. The molecule has 33 heavy (non-hydrogen) atoms. The third kappa shape index (κ3) is 5.51. The number of aromatic nitrogens is 4. The van der Waals surface area contributed by atoms with Crippen molar-refractivity contribution >= 4 is 46.2 Å². The minimum atomic E-state index is 0.549. The van der Waals surface area contributed by atoms with Crippen LogP contribution in [0.3, 0.4) is 0 Å². The molecule has 1 fully saturated rings. The van der Waals surface area contributed by atoms with Crippen molar-refractivity contribution < 1.29 is 0 Å². The number of piperazine rings is 1.